The van der Waals surface area contributed by atoms with Gasteiger partial charge < -0.3 is 15.7 Å². The minimum Gasteiger partial charge on any atom is -0.391 e. The molecule has 1 amide bonds. The number of likely N-dealkylation sites (N-methyl/N-ethyl adjacent to an activating group) is 1. The molecule has 0 bridgehead atoms. The van der Waals surface area contributed by atoms with E-state index in [1.165, 1.54) is 13.8 Å². The van der Waals surface area contributed by atoms with Crippen LogP contribution in [0.15, 0.2) is 0 Å². The maximum absolute atomic E-state index is 11.4. The third kappa shape index (κ3) is 3.85. The van der Waals surface area contributed by atoms with Crippen LogP contribution in [0, 0.1) is 0 Å². The molecule has 0 aromatic carbocycles. The van der Waals surface area contributed by atoms with Gasteiger partial charge in [0.25, 0.3) is 0 Å². The highest BCUT2D eigenvalue weighted by Crippen LogP contribution is 1.95. The summed E-state index contributed by atoms with van der Waals surface area (Å²) in [6, 6.07) is -1.20. The van der Waals surface area contributed by atoms with Crippen molar-refractivity contribution in [2.75, 3.05) is 7.05 Å². The van der Waals surface area contributed by atoms with Gasteiger partial charge in [-0.2, -0.15) is 0 Å². The predicted molar refractivity (Wildman–Crippen MR) is 52.8 cm³/mol. The van der Waals surface area contributed by atoms with Crippen LogP contribution in [-0.4, -0.2) is 42.0 Å². The van der Waals surface area contributed by atoms with Gasteiger partial charge >= 0.3 is 0 Å². The Kier molecular flexibility index (Phi) is 5.34. The maximum Gasteiger partial charge on any atom is 0.237 e. The molecule has 0 fully saturated rings. The lowest BCUT2D eigenvalue weighted by molar-refractivity contribution is -0.130. The summed E-state index contributed by atoms with van der Waals surface area (Å²) in [5.74, 6) is -0.551. The quantitative estimate of drug-likeness (QED) is 0.537. The molecule has 5 heteroatoms. The average molecular weight is 202 g/mol. The summed E-state index contributed by atoms with van der Waals surface area (Å²) in [7, 11) is 1.65. The SMILES string of the molecule is CNC(C)C(=O)NC(C(C)=O)C(C)O. The smallest absolute Gasteiger partial charge is 0.237 e. The molecule has 0 radical (unpaired) electrons. The van der Waals surface area contributed by atoms with E-state index in [0.29, 0.717) is 0 Å². The summed E-state index contributed by atoms with van der Waals surface area (Å²) in [4.78, 5) is 22.4. The molecule has 0 saturated carbocycles. The van der Waals surface area contributed by atoms with E-state index in [9.17, 15) is 14.7 Å². The van der Waals surface area contributed by atoms with Crippen LogP contribution < -0.4 is 10.6 Å². The molecule has 3 atom stereocenters. The Balaban J connectivity index is 4.31. The first-order chi connectivity index (χ1) is 6.40. The normalized spacial score (nSPS) is 16.9. The molecule has 3 N–H and O–H groups in total. The molecule has 0 aliphatic heterocycles. The molecule has 0 aliphatic carbocycles. The van der Waals surface area contributed by atoms with Crippen LogP contribution in [0.3, 0.4) is 0 Å². The Morgan fingerprint density at radius 3 is 2.07 bits per heavy atom. The van der Waals surface area contributed by atoms with E-state index >= 15 is 0 Å². The number of nitrogens with one attached hydrogen (secondary N) is 2. The third-order valence-electron chi connectivity index (χ3n) is 2.04. The summed E-state index contributed by atoms with van der Waals surface area (Å²) in [6.07, 6.45) is -0.875. The van der Waals surface area contributed by atoms with Gasteiger partial charge in [0.2, 0.25) is 5.91 Å². The topological polar surface area (TPSA) is 78.4 Å². The summed E-state index contributed by atoms with van der Waals surface area (Å²) >= 11 is 0. The monoisotopic (exact) mass is 202 g/mol. The third-order valence-corrected chi connectivity index (χ3v) is 2.04. The first kappa shape index (κ1) is 13.1. The van der Waals surface area contributed by atoms with E-state index in [-0.39, 0.29) is 17.7 Å². The van der Waals surface area contributed by atoms with Crippen molar-refractivity contribution in [3.8, 4) is 0 Å². The summed E-state index contributed by atoms with van der Waals surface area (Å²) < 4.78 is 0. The molecule has 0 aliphatic rings. The van der Waals surface area contributed by atoms with Crippen LogP contribution in [0.5, 0.6) is 0 Å². The second kappa shape index (κ2) is 5.72. The fourth-order valence-corrected chi connectivity index (χ4v) is 0.971. The number of ketones is 1. The second-order valence-corrected chi connectivity index (χ2v) is 3.35. The molecule has 82 valence electrons. The Morgan fingerprint density at radius 2 is 1.79 bits per heavy atom. The molecular formula is C9H18N2O3. The van der Waals surface area contributed by atoms with Gasteiger partial charge in [-0.15, -0.1) is 0 Å². The van der Waals surface area contributed by atoms with Crippen molar-refractivity contribution >= 4 is 11.7 Å². The molecule has 0 aromatic heterocycles. The van der Waals surface area contributed by atoms with Crippen LogP contribution in [0.25, 0.3) is 0 Å². The standard InChI is InChI=1S/C9H18N2O3/c1-5(10-4)9(14)11-8(6(2)12)7(3)13/h5-6,8,10,12H,1-4H3,(H,11,14). The van der Waals surface area contributed by atoms with Gasteiger partial charge in [0.1, 0.15) is 6.04 Å². The fourth-order valence-electron chi connectivity index (χ4n) is 0.971. The number of aliphatic hydroxyl groups is 1. The zero-order chi connectivity index (χ0) is 11.3. The summed E-state index contributed by atoms with van der Waals surface area (Å²) in [6.45, 7) is 4.48. The summed E-state index contributed by atoms with van der Waals surface area (Å²) in [5.41, 5.74) is 0. The Labute approximate surface area is 83.9 Å². The first-order valence-electron chi connectivity index (χ1n) is 4.56. The van der Waals surface area contributed by atoms with Gasteiger partial charge in [-0.25, -0.2) is 0 Å². The first-order valence-corrected chi connectivity index (χ1v) is 4.56. The number of amides is 1. The van der Waals surface area contributed by atoms with E-state index in [4.69, 9.17) is 0 Å². The minimum atomic E-state index is -0.875. The molecule has 0 saturated heterocycles. The van der Waals surface area contributed by atoms with Crippen LogP contribution in [0.2, 0.25) is 0 Å². The van der Waals surface area contributed by atoms with Crippen LogP contribution in [0.4, 0.5) is 0 Å². The number of aliphatic hydroxyl groups excluding tert-OH is 1. The molecule has 5 nitrogen and oxygen atoms in total. The Bertz CT molecular complexity index is 216. The zero-order valence-corrected chi connectivity index (χ0v) is 9.00. The van der Waals surface area contributed by atoms with Crippen LogP contribution in [-0.2, 0) is 9.59 Å². The van der Waals surface area contributed by atoms with Crippen molar-refractivity contribution < 1.29 is 14.7 Å². The van der Waals surface area contributed by atoms with Crippen molar-refractivity contribution in [1.82, 2.24) is 10.6 Å². The second-order valence-electron chi connectivity index (χ2n) is 3.35. The molecule has 14 heavy (non-hydrogen) atoms. The van der Waals surface area contributed by atoms with Crippen molar-refractivity contribution in [1.29, 1.82) is 0 Å². The Hall–Kier alpha value is -0.940. The highest BCUT2D eigenvalue weighted by Gasteiger charge is 2.23. The van der Waals surface area contributed by atoms with Gasteiger partial charge in [0, 0.05) is 0 Å². The molecule has 0 rings (SSSR count). The number of carbonyl (C=O) groups excluding carboxylic acids is 2. The van der Waals surface area contributed by atoms with E-state index in [1.807, 2.05) is 0 Å². The highest BCUT2D eigenvalue weighted by atomic mass is 16.3. The number of hydrogen-bond acceptors (Lipinski definition) is 4. The van der Waals surface area contributed by atoms with Gasteiger partial charge in [-0.1, -0.05) is 0 Å². The molecule has 0 spiro atoms. The molecule has 0 aromatic rings. The van der Waals surface area contributed by atoms with E-state index in [2.05, 4.69) is 10.6 Å². The van der Waals surface area contributed by atoms with E-state index in [1.54, 1.807) is 14.0 Å². The lowest BCUT2D eigenvalue weighted by atomic mass is 10.1. The number of hydrogen-bond donors (Lipinski definition) is 3. The predicted octanol–water partition coefficient (Wildman–Crippen LogP) is -0.951. The molecule has 3 unspecified atom stereocenters. The number of carbonyl (C=O) groups is 2. The fraction of sp³-hybridized carbons (Fsp3) is 0.778. The summed E-state index contributed by atoms with van der Waals surface area (Å²) in [5, 5.41) is 14.4. The van der Waals surface area contributed by atoms with Crippen molar-refractivity contribution in [2.45, 2.75) is 39.0 Å². The van der Waals surface area contributed by atoms with Crippen LogP contribution in [0.1, 0.15) is 20.8 Å². The highest BCUT2D eigenvalue weighted by molar-refractivity contribution is 5.89. The van der Waals surface area contributed by atoms with E-state index in [0.717, 1.165) is 0 Å². The van der Waals surface area contributed by atoms with Crippen LogP contribution >= 0.6 is 0 Å². The van der Waals surface area contributed by atoms with Crippen molar-refractivity contribution in [2.24, 2.45) is 0 Å². The molecular weight excluding hydrogens is 184 g/mol. The molecule has 0 heterocycles. The lowest BCUT2D eigenvalue weighted by Crippen LogP contribution is -2.51. The largest absolute Gasteiger partial charge is 0.391 e. The minimum absolute atomic E-state index is 0.253. The van der Waals surface area contributed by atoms with Gasteiger partial charge in [-0.05, 0) is 27.8 Å². The Morgan fingerprint density at radius 1 is 1.29 bits per heavy atom. The van der Waals surface area contributed by atoms with Crippen molar-refractivity contribution in [3.63, 3.8) is 0 Å². The van der Waals surface area contributed by atoms with E-state index < -0.39 is 12.1 Å². The van der Waals surface area contributed by atoms with Gasteiger partial charge in [-0.3, -0.25) is 9.59 Å². The van der Waals surface area contributed by atoms with Crippen molar-refractivity contribution in [3.05, 3.63) is 0 Å². The number of rotatable bonds is 5. The zero-order valence-electron chi connectivity index (χ0n) is 9.00. The van der Waals surface area contributed by atoms with Gasteiger partial charge in [0.15, 0.2) is 5.78 Å². The lowest BCUT2D eigenvalue weighted by Gasteiger charge is -2.20. The maximum atomic E-state index is 11.4. The number of Topliss-reactive ketones (excluding diaryl/α,β-unsaturated/α-hetero) is 1. The average Bonchev–Trinajstić information content (AvgIpc) is 2.11. The van der Waals surface area contributed by atoms with Gasteiger partial charge in [0.05, 0.1) is 12.1 Å².